The fourth-order valence-electron chi connectivity index (χ4n) is 3.15. The van der Waals surface area contributed by atoms with Gasteiger partial charge < -0.3 is 10.6 Å². The first kappa shape index (κ1) is 15.7. The van der Waals surface area contributed by atoms with Crippen LogP contribution in [-0.2, 0) is 6.18 Å². The van der Waals surface area contributed by atoms with Crippen molar-refractivity contribution in [3.8, 4) is 11.1 Å². The molecule has 3 heterocycles. The topological polar surface area (TPSA) is 92.7 Å². The number of carbonyl (C=O) groups excluding carboxylic acids is 1. The van der Waals surface area contributed by atoms with Gasteiger partial charge in [0.05, 0.1) is 0 Å². The van der Waals surface area contributed by atoms with E-state index >= 15 is 0 Å². The zero-order valence-corrected chi connectivity index (χ0v) is 16.9. The van der Waals surface area contributed by atoms with Crippen molar-refractivity contribution in [1.82, 2.24) is 19.9 Å². The van der Waals surface area contributed by atoms with Gasteiger partial charge in [-0.25, -0.2) is 9.97 Å². The van der Waals surface area contributed by atoms with Gasteiger partial charge in [-0.15, -0.1) is 0 Å². The van der Waals surface area contributed by atoms with E-state index in [1.165, 1.54) is 24.4 Å². The number of anilines is 2. The number of benzene rings is 1. The predicted molar refractivity (Wildman–Crippen MR) is 119 cm³/mol. The molecule has 168 valence electrons. The first-order valence-corrected chi connectivity index (χ1v) is 9.43. The quantitative estimate of drug-likeness (QED) is 0.446. The van der Waals surface area contributed by atoms with Crippen molar-refractivity contribution < 1.29 is 26.2 Å². The maximum atomic E-state index is 13.0. The van der Waals surface area contributed by atoms with Crippen LogP contribution in [0.5, 0.6) is 0 Å². The number of halogens is 3. The minimum absolute atomic E-state index is 0.0492. The van der Waals surface area contributed by atoms with Crippen molar-refractivity contribution in [2.24, 2.45) is 0 Å². The van der Waals surface area contributed by atoms with Gasteiger partial charge in [0.25, 0.3) is 5.91 Å². The highest BCUT2D eigenvalue weighted by molar-refractivity contribution is 6.04. The first-order valence-electron chi connectivity index (χ1n) is 12.4. The smallest absolute Gasteiger partial charge is 0.357 e. The van der Waals surface area contributed by atoms with Gasteiger partial charge in [-0.05, 0) is 55.2 Å². The summed E-state index contributed by atoms with van der Waals surface area (Å²) in [6, 6.07) is 7.83. The number of aromatic nitrogens is 4. The molecule has 4 rings (SSSR count). The lowest BCUT2D eigenvalue weighted by Crippen LogP contribution is -2.15. The van der Waals surface area contributed by atoms with Crippen molar-refractivity contribution in [2.75, 3.05) is 17.6 Å². The fraction of sp³-hybridized carbons (Fsp3) is 0.174. The Bertz CT molecular complexity index is 1570. The van der Waals surface area contributed by atoms with Crippen LogP contribution < -0.4 is 10.6 Å². The number of hydrogen-bond acceptors (Lipinski definition) is 6. The molecule has 1 amide bonds. The molecule has 0 fully saturated rings. The van der Waals surface area contributed by atoms with E-state index in [9.17, 15) is 18.0 Å². The summed E-state index contributed by atoms with van der Waals surface area (Å²) in [5.74, 6) is -1.09. The van der Waals surface area contributed by atoms with E-state index in [1.807, 2.05) is 0 Å². The summed E-state index contributed by atoms with van der Waals surface area (Å²) in [7, 11) is 0. The van der Waals surface area contributed by atoms with E-state index < -0.39 is 31.6 Å². The molecule has 4 aromatic rings. The standard InChI is InChI=1S/C23H19F3N6O/c1-12-4-5-16(31-21(33)14-6-7-28-19(9-14)23(24,25)26)10-17(12)18-8-15-11-29-22(27-3)32-20(15)30-13(18)2/h4-11H,1-3H3,(H,31,33)(H,27,29,30,32)/i2D3,3D3. The number of carbonyl (C=O) groups is 1. The van der Waals surface area contributed by atoms with Crippen molar-refractivity contribution in [1.29, 1.82) is 0 Å². The summed E-state index contributed by atoms with van der Waals surface area (Å²) >= 11 is 0. The average Bonchev–Trinajstić information content (AvgIpc) is 2.82. The molecule has 3 aromatic heterocycles. The van der Waals surface area contributed by atoms with Crippen LogP contribution in [0.2, 0.25) is 0 Å². The van der Waals surface area contributed by atoms with Crippen LogP contribution in [0.15, 0.2) is 48.8 Å². The number of nitrogens with zero attached hydrogens (tertiary/aromatic N) is 4. The molecule has 0 atom stereocenters. The second-order valence-electron chi connectivity index (χ2n) is 7.03. The van der Waals surface area contributed by atoms with Gasteiger partial charge in [-0.1, -0.05) is 6.07 Å². The number of pyridine rings is 2. The van der Waals surface area contributed by atoms with E-state index in [0.717, 1.165) is 12.3 Å². The fourth-order valence-corrected chi connectivity index (χ4v) is 3.15. The Balaban J connectivity index is 1.75. The zero-order chi connectivity index (χ0) is 28.8. The number of amides is 1. The number of fused-ring (bicyclic) bond motifs is 1. The largest absolute Gasteiger partial charge is 0.433 e. The summed E-state index contributed by atoms with van der Waals surface area (Å²) in [4.78, 5) is 28.1. The van der Waals surface area contributed by atoms with Crippen molar-refractivity contribution in [2.45, 2.75) is 20.0 Å². The lowest BCUT2D eigenvalue weighted by Gasteiger charge is -2.13. The third-order valence-corrected chi connectivity index (χ3v) is 4.78. The third-order valence-electron chi connectivity index (χ3n) is 4.78. The Labute approximate surface area is 195 Å². The molecule has 0 bridgehead atoms. The molecule has 1 aromatic carbocycles. The van der Waals surface area contributed by atoms with Crippen LogP contribution in [-0.4, -0.2) is 32.8 Å². The third kappa shape index (κ3) is 4.59. The Morgan fingerprint density at radius 1 is 1.06 bits per heavy atom. The maximum absolute atomic E-state index is 13.0. The van der Waals surface area contributed by atoms with Gasteiger partial charge in [0.2, 0.25) is 5.95 Å². The number of nitrogens with one attached hydrogen (secondary N) is 2. The van der Waals surface area contributed by atoms with Crippen molar-refractivity contribution >= 4 is 28.6 Å². The summed E-state index contributed by atoms with van der Waals surface area (Å²) in [5, 5.41) is 4.96. The van der Waals surface area contributed by atoms with Crippen LogP contribution in [0.3, 0.4) is 0 Å². The van der Waals surface area contributed by atoms with Crippen LogP contribution in [0.1, 0.15) is 35.5 Å². The van der Waals surface area contributed by atoms with Gasteiger partial charge in [-0.3, -0.25) is 9.78 Å². The highest BCUT2D eigenvalue weighted by Crippen LogP contribution is 2.31. The highest BCUT2D eigenvalue weighted by Gasteiger charge is 2.33. The van der Waals surface area contributed by atoms with E-state index in [-0.39, 0.29) is 34.1 Å². The molecule has 0 aliphatic rings. The number of hydrogen-bond donors (Lipinski definition) is 2. The Morgan fingerprint density at radius 2 is 1.91 bits per heavy atom. The lowest BCUT2D eigenvalue weighted by molar-refractivity contribution is -0.141. The summed E-state index contributed by atoms with van der Waals surface area (Å²) in [6.45, 7) is -3.58. The molecule has 10 heteroatoms. The molecule has 0 aliphatic heterocycles. The second kappa shape index (κ2) is 8.45. The molecular weight excluding hydrogens is 433 g/mol. The first-order chi connectivity index (χ1) is 18.0. The Kier molecular flexibility index (Phi) is 4.02. The van der Waals surface area contributed by atoms with Crippen molar-refractivity contribution in [3.63, 3.8) is 0 Å². The summed E-state index contributed by atoms with van der Waals surface area (Å²) in [6.07, 6.45) is -2.56. The molecule has 0 saturated heterocycles. The van der Waals surface area contributed by atoms with Gasteiger partial charge in [0.1, 0.15) is 5.69 Å². The lowest BCUT2D eigenvalue weighted by atomic mass is 9.98. The summed E-state index contributed by atoms with van der Waals surface area (Å²) < 4.78 is 84.9. The SMILES string of the molecule is [2H]C([2H])([2H])Nc1ncc2cc(-c3cc(NC(=O)c4ccnc(C(F)(F)F)c4)ccc3C)c(C([2H])([2H])[2H])nc2n1. The van der Waals surface area contributed by atoms with Crippen LogP contribution in [0, 0.1) is 13.8 Å². The van der Waals surface area contributed by atoms with E-state index in [1.54, 1.807) is 13.0 Å². The zero-order valence-electron chi connectivity index (χ0n) is 22.9. The molecule has 0 unspecified atom stereocenters. The highest BCUT2D eigenvalue weighted by atomic mass is 19.4. The minimum Gasteiger partial charge on any atom is -0.357 e. The number of alkyl halides is 3. The van der Waals surface area contributed by atoms with Crippen LogP contribution in [0.25, 0.3) is 22.2 Å². The second-order valence-corrected chi connectivity index (χ2v) is 7.03. The number of rotatable bonds is 4. The normalized spacial score (nSPS) is 14.9. The van der Waals surface area contributed by atoms with Gasteiger partial charge in [-0.2, -0.15) is 18.2 Å². The van der Waals surface area contributed by atoms with E-state index in [0.29, 0.717) is 22.6 Å². The Morgan fingerprint density at radius 3 is 2.67 bits per heavy atom. The average molecular weight is 458 g/mol. The Hall–Kier alpha value is -4.08. The summed E-state index contributed by atoms with van der Waals surface area (Å²) in [5.41, 5.74) is -0.503. The number of aryl methyl sites for hydroxylation is 2. The van der Waals surface area contributed by atoms with Gasteiger partial charge >= 0.3 is 6.18 Å². The molecule has 0 spiro atoms. The van der Waals surface area contributed by atoms with Crippen LogP contribution in [0.4, 0.5) is 24.8 Å². The molecule has 33 heavy (non-hydrogen) atoms. The van der Waals surface area contributed by atoms with E-state index in [2.05, 4.69) is 30.6 Å². The predicted octanol–water partition coefficient (Wildman–Crippen LogP) is 5.02. The molecular formula is C23H19F3N6O. The molecule has 7 nitrogen and oxygen atoms in total. The van der Waals surface area contributed by atoms with Gasteiger partial charge in [0.15, 0.2) is 5.65 Å². The van der Waals surface area contributed by atoms with Crippen molar-refractivity contribution in [3.05, 3.63) is 71.3 Å². The van der Waals surface area contributed by atoms with E-state index in [4.69, 9.17) is 8.22 Å². The molecule has 2 N–H and O–H groups in total. The molecule has 0 radical (unpaired) electrons. The molecule has 0 aliphatic carbocycles. The minimum atomic E-state index is -4.73. The molecule has 0 saturated carbocycles. The van der Waals surface area contributed by atoms with Gasteiger partial charge in [0, 0.05) is 55.5 Å². The van der Waals surface area contributed by atoms with Crippen LogP contribution >= 0.6 is 0 Å². The maximum Gasteiger partial charge on any atom is 0.433 e. The monoisotopic (exact) mass is 458 g/mol.